The van der Waals surface area contributed by atoms with E-state index >= 15 is 0 Å². The van der Waals surface area contributed by atoms with Gasteiger partial charge in [0.15, 0.2) is 0 Å². The topological polar surface area (TPSA) is 41.1 Å². The molecule has 2 aromatic heterocycles. The average Bonchev–Trinajstić information content (AvgIpc) is 2.81. The maximum atomic E-state index is 8.86. The highest BCUT2D eigenvalue weighted by atomic mass is 35.5. The fraction of sp³-hybridized carbons (Fsp3) is 0. The van der Waals surface area contributed by atoms with Gasteiger partial charge in [0.25, 0.3) is 0 Å². The number of imidazole rings is 1. The monoisotopic (exact) mass is 253 g/mol. The van der Waals surface area contributed by atoms with Crippen LogP contribution in [0.4, 0.5) is 0 Å². The Morgan fingerprint density at radius 1 is 1.17 bits per heavy atom. The van der Waals surface area contributed by atoms with Crippen LogP contribution in [0.3, 0.4) is 0 Å². The Labute approximate surface area is 109 Å². The van der Waals surface area contributed by atoms with E-state index in [2.05, 4.69) is 11.1 Å². The molecule has 0 spiro atoms. The van der Waals surface area contributed by atoms with Gasteiger partial charge in [0, 0.05) is 23.0 Å². The van der Waals surface area contributed by atoms with E-state index in [4.69, 9.17) is 16.9 Å². The Kier molecular flexibility index (Phi) is 2.51. The minimum atomic E-state index is 0.609. The predicted octanol–water partition coefficient (Wildman–Crippen LogP) is 3.53. The van der Waals surface area contributed by atoms with Crippen LogP contribution in [0.25, 0.3) is 16.9 Å². The quantitative estimate of drug-likeness (QED) is 0.666. The van der Waals surface area contributed by atoms with Crippen LogP contribution in [-0.4, -0.2) is 9.38 Å². The third-order valence-electron chi connectivity index (χ3n) is 2.70. The second-order valence-corrected chi connectivity index (χ2v) is 4.37. The molecule has 3 rings (SSSR count). The van der Waals surface area contributed by atoms with Gasteiger partial charge in [-0.25, -0.2) is 4.98 Å². The molecule has 0 saturated carbocycles. The van der Waals surface area contributed by atoms with Crippen molar-refractivity contribution in [3.05, 3.63) is 59.4 Å². The molecule has 2 heterocycles. The highest BCUT2D eigenvalue weighted by molar-refractivity contribution is 6.30. The molecule has 0 N–H and O–H groups in total. The van der Waals surface area contributed by atoms with Gasteiger partial charge in [0.2, 0.25) is 0 Å². The zero-order chi connectivity index (χ0) is 12.5. The van der Waals surface area contributed by atoms with Crippen molar-refractivity contribution in [1.29, 1.82) is 5.26 Å². The number of aromatic nitrogens is 2. The number of hydrogen-bond donors (Lipinski definition) is 0. The van der Waals surface area contributed by atoms with Crippen molar-refractivity contribution in [1.82, 2.24) is 9.38 Å². The van der Waals surface area contributed by atoms with E-state index in [-0.39, 0.29) is 0 Å². The molecule has 0 radical (unpaired) electrons. The summed E-state index contributed by atoms with van der Waals surface area (Å²) in [5, 5.41) is 9.54. The second-order valence-electron chi connectivity index (χ2n) is 3.93. The lowest BCUT2D eigenvalue weighted by Gasteiger charge is -1.95. The molecule has 0 atom stereocenters. The molecule has 0 aliphatic heterocycles. The van der Waals surface area contributed by atoms with Gasteiger partial charge in [0.05, 0.1) is 11.3 Å². The van der Waals surface area contributed by atoms with Gasteiger partial charge in [-0.3, -0.25) is 0 Å². The van der Waals surface area contributed by atoms with E-state index in [0.29, 0.717) is 10.6 Å². The van der Waals surface area contributed by atoms with Gasteiger partial charge in [-0.2, -0.15) is 5.26 Å². The van der Waals surface area contributed by atoms with Crippen molar-refractivity contribution in [2.24, 2.45) is 0 Å². The number of halogens is 1. The maximum Gasteiger partial charge on any atom is 0.137 e. The van der Waals surface area contributed by atoms with Crippen LogP contribution in [0.15, 0.2) is 48.8 Å². The number of rotatable bonds is 1. The van der Waals surface area contributed by atoms with Crippen LogP contribution in [0.2, 0.25) is 5.02 Å². The van der Waals surface area contributed by atoms with E-state index in [1.165, 1.54) is 0 Å². The summed E-state index contributed by atoms with van der Waals surface area (Å²) in [5.74, 6) is 0. The fourth-order valence-corrected chi connectivity index (χ4v) is 2.04. The van der Waals surface area contributed by atoms with Crippen LogP contribution in [-0.2, 0) is 0 Å². The van der Waals surface area contributed by atoms with Crippen molar-refractivity contribution in [2.45, 2.75) is 0 Å². The minimum absolute atomic E-state index is 0.609. The fourth-order valence-electron chi connectivity index (χ4n) is 1.84. The molecular weight excluding hydrogens is 246 g/mol. The summed E-state index contributed by atoms with van der Waals surface area (Å²) >= 11 is 5.96. The molecular formula is C14H8ClN3. The standard InChI is InChI=1S/C14H8ClN3/c15-12-3-1-2-11(6-12)13-9-18-8-10(7-16)4-5-14(18)17-13/h1-6,8-9H. The zero-order valence-corrected chi connectivity index (χ0v) is 10.1. The summed E-state index contributed by atoms with van der Waals surface area (Å²) in [5.41, 5.74) is 3.22. The molecule has 1 aromatic carbocycles. The number of benzene rings is 1. The number of pyridine rings is 1. The molecule has 0 fully saturated rings. The molecule has 86 valence electrons. The Bertz CT molecular complexity index is 768. The second kappa shape index (κ2) is 4.17. The molecule has 3 aromatic rings. The number of nitrogens with zero attached hydrogens (tertiary/aromatic N) is 3. The van der Waals surface area contributed by atoms with Crippen molar-refractivity contribution in [3.63, 3.8) is 0 Å². The highest BCUT2D eigenvalue weighted by Crippen LogP contribution is 2.22. The van der Waals surface area contributed by atoms with Gasteiger partial charge >= 0.3 is 0 Å². The maximum absolute atomic E-state index is 8.86. The van der Waals surface area contributed by atoms with Crippen LogP contribution >= 0.6 is 11.6 Å². The first-order valence-electron chi connectivity index (χ1n) is 5.41. The van der Waals surface area contributed by atoms with Crippen molar-refractivity contribution in [2.75, 3.05) is 0 Å². The molecule has 0 amide bonds. The summed E-state index contributed by atoms with van der Waals surface area (Å²) in [7, 11) is 0. The summed E-state index contributed by atoms with van der Waals surface area (Å²) < 4.78 is 1.84. The zero-order valence-electron chi connectivity index (χ0n) is 9.34. The molecule has 0 saturated heterocycles. The van der Waals surface area contributed by atoms with E-state index in [0.717, 1.165) is 16.9 Å². The Morgan fingerprint density at radius 3 is 2.83 bits per heavy atom. The average molecular weight is 254 g/mol. The van der Waals surface area contributed by atoms with Gasteiger partial charge in [0.1, 0.15) is 11.7 Å². The number of hydrogen-bond acceptors (Lipinski definition) is 2. The lowest BCUT2D eigenvalue weighted by Crippen LogP contribution is -1.83. The van der Waals surface area contributed by atoms with Gasteiger partial charge in [-0.1, -0.05) is 23.7 Å². The lowest BCUT2D eigenvalue weighted by molar-refractivity contribution is 1.17. The molecule has 18 heavy (non-hydrogen) atoms. The molecule has 4 heteroatoms. The molecule has 0 aliphatic carbocycles. The first-order valence-corrected chi connectivity index (χ1v) is 5.79. The number of nitriles is 1. The number of fused-ring (bicyclic) bond motifs is 1. The van der Waals surface area contributed by atoms with Crippen LogP contribution in [0.5, 0.6) is 0 Å². The van der Waals surface area contributed by atoms with Crippen molar-refractivity contribution < 1.29 is 0 Å². The normalized spacial score (nSPS) is 10.4. The third kappa shape index (κ3) is 1.83. The van der Waals surface area contributed by atoms with Crippen molar-refractivity contribution >= 4 is 17.2 Å². The summed E-state index contributed by atoms with van der Waals surface area (Å²) in [6.07, 6.45) is 3.65. The predicted molar refractivity (Wildman–Crippen MR) is 70.4 cm³/mol. The smallest absolute Gasteiger partial charge is 0.137 e. The highest BCUT2D eigenvalue weighted by Gasteiger charge is 2.05. The van der Waals surface area contributed by atoms with Crippen LogP contribution in [0.1, 0.15) is 5.56 Å². The SMILES string of the molecule is N#Cc1ccc2nc(-c3cccc(Cl)c3)cn2c1. The summed E-state index contributed by atoms with van der Waals surface area (Å²) in [6, 6.07) is 13.2. The van der Waals surface area contributed by atoms with Gasteiger partial charge < -0.3 is 4.40 Å². The van der Waals surface area contributed by atoms with E-state index in [1.807, 2.05) is 40.9 Å². The van der Waals surface area contributed by atoms with E-state index in [1.54, 1.807) is 12.3 Å². The molecule has 3 nitrogen and oxygen atoms in total. The van der Waals surface area contributed by atoms with E-state index in [9.17, 15) is 0 Å². The minimum Gasteiger partial charge on any atom is -0.305 e. The van der Waals surface area contributed by atoms with Crippen LogP contribution in [0, 0.1) is 11.3 Å². The summed E-state index contributed by atoms with van der Waals surface area (Å²) in [4.78, 5) is 4.49. The first-order chi connectivity index (χ1) is 8.76. The Hall–Kier alpha value is -2.31. The van der Waals surface area contributed by atoms with Gasteiger partial charge in [-0.05, 0) is 24.3 Å². The Balaban J connectivity index is 2.17. The van der Waals surface area contributed by atoms with Crippen LogP contribution < -0.4 is 0 Å². The lowest BCUT2D eigenvalue weighted by atomic mass is 10.2. The Morgan fingerprint density at radius 2 is 2.06 bits per heavy atom. The molecule has 0 unspecified atom stereocenters. The van der Waals surface area contributed by atoms with E-state index < -0.39 is 0 Å². The summed E-state index contributed by atoms with van der Waals surface area (Å²) in [6.45, 7) is 0. The first kappa shape index (κ1) is 10.8. The molecule has 0 bridgehead atoms. The largest absolute Gasteiger partial charge is 0.305 e. The van der Waals surface area contributed by atoms with Gasteiger partial charge in [-0.15, -0.1) is 0 Å². The third-order valence-corrected chi connectivity index (χ3v) is 2.94. The molecule has 0 aliphatic rings. The van der Waals surface area contributed by atoms with Crippen molar-refractivity contribution in [3.8, 4) is 17.3 Å².